The molecule has 0 aliphatic heterocycles. The monoisotopic (exact) mass is 403 g/mol. The molecule has 7 nitrogen and oxygen atoms in total. The van der Waals surface area contributed by atoms with Crippen LogP contribution < -0.4 is 10.5 Å². The Morgan fingerprint density at radius 2 is 1.89 bits per heavy atom. The number of ether oxygens (including phenoxy) is 1. The van der Waals surface area contributed by atoms with Crippen molar-refractivity contribution >= 4 is 17.5 Å². The van der Waals surface area contributed by atoms with Crippen molar-refractivity contribution in [1.29, 1.82) is 0 Å². The average Bonchev–Trinajstić information content (AvgIpc) is 2.70. The highest BCUT2D eigenvalue weighted by molar-refractivity contribution is 6.30. The van der Waals surface area contributed by atoms with Gasteiger partial charge in [0.05, 0.1) is 12.3 Å². The second-order valence-corrected chi connectivity index (χ2v) is 6.20. The lowest BCUT2D eigenvalue weighted by atomic mass is 10.1. The quantitative estimate of drug-likeness (QED) is 0.582. The van der Waals surface area contributed by atoms with Gasteiger partial charge in [-0.25, -0.2) is 14.4 Å². The number of rotatable bonds is 6. The van der Waals surface area contributed by atoms with Gasteiger partial charge in [0.1, 0.15) is 17.5 Å². The van der Waals surface area contributed by atoms with Crippen LogP contribution in [-0.2, 0) is 0 Å². The summed E-state index contributed by atoms with van der Waals surface area (Å²) in [6.07, 6.45) is -1.28. The third-order valence-electron chi connectivity index (χ3n) is 3.75. The van der Waals surface area contributed by atoms with E-state index >= 15 is 0 Å². The van der Waals surface area contributed by atoms with Crippen molar-refractivity contribution < 1.29 is 24.1 Å². The SMILES string of the molecule is NC(=O)c1cc(C(O)CO)nc(-c2ccc(Oc3cc(Cl)ccc3F)cc2)n1. The second-order valence-electron chi connectivity index (χ2n) is 5.77. The van der Waals surface area contributed by atoms with Crippen molar-refractivity contribution in [3.63, 3.8) is 0 Å². The van der Waals surface area contributed by atoms with Gasteiger partial charge in [0.15, 0.2) is 17.4 Å². The van der Waals surface area contributed by atoms with E-state index in [0.29, 0.717) is 16.3 Å². The molecule has 0 saturated heterocycles. The lowest BCUT2D eigenvalue weighted by molar-refractivity contribution is 0.0916. The first-order valence-electron chi connectivity index (χ1n) is 8.08. The first-order valence-corrected chi connectivity index (χ1v) is 8.46. The van der Waals surface area contributed by atoms with Crippen LogP contribution >= 0.6 is 11.6 Å². The molecular formula is C19H15ClFN3O4. The summed E-state index contributed by atoms with van der Waals surface area (Å²) in [6, 6.07) is 11.5. The molecule has 28 heavy (non-hydrogen) atoms. The molecule has 0 aliphatic rings. The molecule has 144 valence electrons. The van der Waals surface area contributed by atoms with E-state index in [4.69, 9.17) is 27.2 Å². The predicted octanol–water partition coefficient (Wildman–Crippen LogP) is 2.85. The van der Waals surface area contributed by atoms with Gasteiger partial charge in [0, 0.05) is 16.7 Å². The van der Waals surface area contributed by atoms with Crippen molar-refractivity contribution in [3.05, 3.63) is 70.8 Å². The summed E-state index contributed by atoms with van der Waals surface area (Å²) in [5.74, 6) is -0.925. The maximum Gasteiger partial charge on any atom is 0.267 e. The Bertz CT molecular complexity index is 1010. The highest BCUT2D eigenvalue weighted by Crippen LogP contribution is 2.29. The molecule has 0 bridgehead atoms. The number of amides is 1. The Morgan fingerprint density at radius 3 is 2.54 bits per heavy atom. The summed E-state index contributed by atoms with van der Waals surface area (Å²) >= 11 is 5.84. The van der Waals surface area contributed by atoms with E-state index in [0.717, 1.165) is 0 Å². The van der Waals surface area contributed by atoms with Crippen LogP contribution in [0.25, 0.3) is 11.4 Å². The summed E-state index contributed by atoms with van der Waals surface area (Å²) in [7, 11) is 0. The van der Waals surface area contributed by atoms with E-state index in [2.05, 4.69) is 9.97 Å². The number of hydrogen-bond donors (Lipinski definition) is 3. The second kappa shape index (κ2) is 8.30. The molecule has 2 aromatic carbocycles. The van der Waals surface area contributed by atoms with Gasteiger partial charge in [-0.2, -0.15) is 0 Å². The van der Waals surface area contributed by atoms with Gasteiger partial charge in [-0.1, -0.05) is 11.6 Å². The highest BCUT2D eigenvalue weighted by Gasteiger charge is 2.16. The molecule has 1 unspecified atom stereocenters. The van der Waals surface area contributed by atoms with Crippen LogP contribution in [0.2, 0.25) is 5.02 Å². The van der Waals surface area contributed by atoms with Crippen LogP contribution in [0.3, 0.4) is 0 Å². The fourth-order valence-electron chi connectivity index (χ4n) is 2.34. The normalized spacial score (nSPS) is 11.9. The molecule has 0 spiro atoms. The Hall–Kier alpha value is -3.07. The van der Waals surface area contributed by atoms with Crippen LogP contribution in [0.4, 0.5) is 4.39 Å². The molecule has 0 fully saturated rings. The van der Waals surface area contributed by atoms with E-state index < -0.39 is 24.4 Å². The van der Waals surface area contributed by atoms with Gasteiger partial charge >= 0.3 is 0 Å². The smallest absolute Gasteiger partial charge is 0.267 e. The summed E-state index contributed by atoms with van der Waals surface area (Å²) in [5.41, 5.74) is 5.72. The van der Waals surface area contributed by atoms with E-state index in [-0.39, 0.29) is 23.0 Å². The van der Waals surface area contributed by atoms with Crippen LogP contribution in [0, 0.1) is 5.82 Å². The summed E-state index contributed by atoms with van der Waals surface area (Å²) in [4.78, 5) is 19.7. The maximum atomic E-state index is 13.8. The minimum atomic E-state index is -1.28. The lowest BCUT2D eigenvalue weighted by Gasteiger charge is -2.11. The number of nitrogens with two attached hydrogens (primary N) is 1. The first kappa shape index (κ1) is 19.7. The highest BCUT2D eigenvalue weighted by atomic mass is 35.5. The summed E-state index contributed by atoms with van der Waals surface area (Å²) in [5, 5.41) is 19.3. The predicted molar refractivity (Wildman–Crippen MR) is 99.5 cm³/mol. The number of primary amides is 1. The Balaban J connectivity index is 1.91. The van der Waals surface area contributed by atoms with Crippen LogP contribution in [0.1, 0.15) is 22.3 Å². The van der Waals surface area contributed by atoms with Crippen LogP contribution in [0.5, 0.6) is 11.5 Å². The van der Waals surface area contributed by atoms with Gasteiger partial charge in [0.2, 0.25) is 0 Å². The largest absolute Gasteiger partial charge is 0.454 e. The number of carbonyl (C=O) groups excluding carboxylic acids is 1. The van der Waals surface area contributed by atoms with E-state index in [1.807, 2.05) is 0 Å². The fourth-order valence-corrected chi connectivity index (χ4v) is 2.50. The molecule has 1 amide bonds. The van der Waals surface area contributed by atoms with Gasteiger partial charge in [0.25, 0.3) is 5.91 Å². The molecule has 0 aliphatic carbocycles. The molecule has 3 aromatic rings. The van der Waals surface area contributed by atoms with Crippen molar-refractivity contribution in [2.75, 3.05) is 6.61 Å². The van der Waals surface area contributed by atoms with Crippen molar-refractivity contribution in [2.24, 2.45) is 5.73 Å². The Kier molecular flexibility index (Phi) is 5.84. The number of carbonyl (C=O) groups is 1. The first-order chi connectivity index (χ1) is 13.4. The zero-order valence-electron chi connectivity index (χ0n) is 14.3. The molecule has 0 saturated carbocycles. The zero-order chi connectivity index (χ0) is 20.3. The van der Waals surface area contributed by atoms with E-state index in [1.165, 1.54) is 24.3 Å². The number of benzene rings is 2. The van der Waals surface area contributed by atoms with Gasteiger partial charge in [-0.15, -0.1) is 0 Å². The molecule has 1 atom stereocenters. The molecule has 0 radical (unpaired) electrons. The molecule has 9 heteroatoms. The van der Waals surface area contributed by atoms with Crippen LogP contribution in [0.15, 0.2) is 48.5 Å². The number of halogens is 2. The summed E-state index contributed by atoms with van der Waals surface area (Å²) in [6.45, 7) is -0.577. The third kappa shape index (κ3) is 4.42. The number of nitrogens with zero attached hydrogens (tertiary/aromatic N) is 2. The number of aliphatic hydroxyl groups excluding tert-OH is 2. The van der Waals surface area contributed by atoms with E-state index in [9.17, 15) is 14.3 Å². The molecular weight excluding hydrogens is 389 g/mol. The van der Waals surface area contributed by atoms with Crippen molar-refractivity contribution in [2.45, 2.75) is 6.10 Å². The van der Waals surface area contributed by atoms with Crippen molar-refractivity contribution in [1.82, 2.24) is 9.97 Å². The summed E-state index contributed by atoms with van der Waals surface area (Å²) < 4.78 is 19.3. The lowest BCUT2D eigenvalue weighted by Crippen LogP contribution is -2.16. The molecule has 1 aromatic heterocycles. The Labute approximate surface area is 164 Å². The maximum absolute atomic E-state index is 13.8. The van der Waals surface area contributed by atoms with Crippen molar-refractivity contribution in [3.8, 4) is 22.9 Å². The zero-order valence-corrected chi connectivity index (χ0v) is 15.1. The van der Waals surface area contributed by atoms with Crippen LogP contribution in [-0.4, -0.2) is 32.7 Å². The molecule has 4 N–H and O–H groups in total. The molecule has 3 rings (SSSR count). The Morgan fingerprint density at radius 1 is 1.18 bits per heavy atom. The number of aliphatic hydroxyl groups is 2. The third-order valence-corrected chi connectivity index (χ3v) is 3.98. The number of hydrogen-bond acceptors (Lipinski definition) is 6. The van der Waals surface area contributed by atoms with Gasteiger partial charge in [-0.3, -0.25) is 4.79 Å². The van der Waals surface area contributed by atoms with E-state index in [1.54, 1.807) is 24.3 Å². The minimum absolute atomic E-state index is 0.0272. The van der Waals surface area contributed by atoms with Gasteiger partial charge in [-0.05, 0) is 42.5 Å². The fraction of sp³-hybridized carbons (Fsp3) is 0.105. The number of aromatic nitrogens is 2. The standard InChI is InChI=1S/C19H15ClFN3O4/c20-11-3-6-13(21)17(7-11)28-12-4-1-10(2-5-12)19-23-14(16(26)9-25)8-15(24-19)18(22)27/h1-8,16,25-26H,9H2,(H2,22,27). The average molecular weight is 404 g/mol. The molecule has 1 heterocycles. The van der Waals surface area contributed by atoms with Gasteiger partial charge < -0.3 is 20.7 Å². The topological polar surface area (TPSA) is 119 Å². The minimum Gasteiger partial charge on any atom is -0.454 e.